The molecule has 6 heteroatoms. The fourth-order valence-electron chi connectivity index (χ4n) is 2.69. The highest BCUT2D eigenvalue weighted by molar-refractivity contribution is 7.10. The van der Waals surface area contributed by atoms with E-state index in [0.29, 0.717) is 19.5 Å². The van der Waals surface area contributed by atoms with Gasteiger partial charge in [-0.05, 0) is 48.9 Å². The molecular weight excluding hydrogens is 300 g/mol. The van der Waals surface area contributed by atoms with Crippen LogP contribution in [0.3, 0.4) is 0 Å². The van der Waals surface area contributed by atoms with Crippen molar-refractivity contribution in [2.45, 2.75) is 32.4 Å². The number of carbonyl (C=O) groups is 2. The van der Waals surface area contributed by atoms with Gasteiger partial charge in [0.1, 0.15) is 6.04 Å². The van der Waals surface area contributed by atoms with Crippen LogP contribution in [-0.2, 0) is 11.3 Å². The molecule has 1 fully saturated rings. The maximum absolute atomic E-state index is 12.4. The van der Waals surface area contributed by atoms with Gasteiger partial charge in [-0.2, -0.15) is 0 Å². The van der Waals surface area contributed by atoms with Crippen molar-refractivity contribution in [3.8, 4) is 0 Å². The van der Waals surface area contributed by atoms with E-state index < -0.39 is 6.04 Å². The minimum atomic E-state index is -0.405. The summed E-state index contributed by atoms with van der Waals surface area (Å²) >= 11 is 1.63. The molecule has 0 saturated carbocycles. The lowest BCUT2D eigenvalue weighted by molar-refractivity contribution is -0.125. The number of hydrogen-bond donors (Lipinski definition) is 1. The summed E-state index contributed by atoms with van der Waals surface area (Å²) in [6.07, 6.45) is 3.00. The Labute approximate surface area is 132 Å². The Morgan fingerprint density at radius 3 is 3.00 bits per heavy atom. The number of likely N-dealkylation sites (tertiary alicyclic amines) is 1. The van der Waals surface area contributed by atoms with Crippen LogP contribution >= 0.6 is 11.3 Å². The molecule has 0 aliphatic carbocycles. The topological polar surface area (TPSA) is 62.6 Å². The van der Waals surface area contributed by atoms with Crippen molar-refractivity contribution in [2.75, 3.05) is 6.54 Å². The Balaban J connectivity index is 1.64. The van der Waals surface area contributed by atoms with E-state index in [2.05, 4.69) is 5.32 Å². The normalized spacial score (nSPS) is 17.7. The summed E-state index contributed by atoms with van der Waals surface area (Å²) in [5.41, 5.74) is 1.18. The first-order valence-electron chi connectivity index (χ1n) is 7.32. The molecule has 3 rings (SSSR count). The summed E-state index contributed by atoms with van der Waals surface area (Å²) in [4.78, 5) is 27.5. The standard InChI is InChI=1S/C16H18N2O3S/c1-11-6-9-22-14(11)10-17-15(19)12-4-2-7-18(12)16(20)13-5-3-8-21-13/h3,5-6,8-9,12H,2,4,7,10H2,1H3,(H,17,19). The molecule has 1 saturated heterocycles. The first kappa shape index (κ1) is 14.8. The first-order chi connectivity index (χ1) is 10.7. The highest BCUT2D eigenvalue weighted by Gasteiger charge is 2.35. The van der Waals surface area contributed by atoms with Gasteiger partial charge in [0.25, 0.3) is 5.91 Å². The molecule has 0 aromatic carbocycles. The van der Waals surface area contributed by atoms with E-state index in [1.165, 1.54) is 11.8 Å². The van der Waals surface area contributed by atoms with Crippen molar-refractivity contribution in [3.63, 3.8) is 0 Å². The fraction of sp³-hybridized carbons (Fsp3) is 0.375. The van der Waals surface area contributed by atoms with Gasteiger partial charge in [0.2, 0.25) is 5.91 Å². The smallest absolute Gasteiger partial charge is 0.290 e. The Bertz CT molecular complexity index is 663. The van der Waals surface area contributed by atoms with E-state index in [1.807, 2.05) is 18.4 Å². The van der Waals surface area contributed by atoms with Crippen LogP contribution in [0.1, 0.15) is 33.8 Å². The average molecular weight is 318 g/mol. The predicted molar refractivity (Wildman–Crippen MR) is 83.7 cm³/mol. The van der Waals surface area contributed by atoms with Crippen LogP contribution in [-0.4, -0.2) is 29.3 Å². The number of hydrogen-bond acceptors (Lipinski definition) is 4. The third kappa shape index (κ3) is 2.92. The quantitative estimate of drug-likeness (QED) is 0.942. The number of furan rings is 1. The molecule has 1 aliphatic heterocycles. The van der Waals surface area contributed by atoms with Gasteiger partial charge in [-0.15, -0.1) is 11.3 Å². The van der Waals surface area contributed by atoms with Crippen molar-refractivity contribution in [2.24, 2.45) is 0 Å². The van der Waals surface area contributed by atoms with Crippen molar-refractivity contribution < 1.29 is 14.0 Å². The molecule has 2 amide bonds. The zero-order chi connectivity index (χ0) is 15.5. The van der Waals surface area contributed by atoms with Gasteiger partial charge < -0.3 is 14.6 Å². The lowest BCUT2D eigenvalue weighted by Crippen LogP contribution is -2.45. The van der Waals surface area contributed by atoms with Crippen LogP contribution in [0.2, 0.25) is 0 Å². The molecule has 1 N–H and O–H groups in total. The minimum Gasteiger partial charge on any atom is -0.459 e. The lowest BCUT2D eigenvalue weighted by atomic mass is 10.2. The number of carbonyl (C=O) groups excluding carboxylic acids is 2. The van der Waals surface area contributed by atoms with Gasteiger partial charge in [-0.25, -0.2) is 0 Å². The molecule has 0 radical (unpaired) electrons. The molecule has 22 heavy (non-hydrogen) atoms. The molecule has 5 nitrogen and oxygen atoms in total. The molecule has 0 spiro atoms. The summed E-state index contributed by atoms with van der Waals surface area (Å²) in [6.45, 7) is 3.14. The van der Waals surface area contributed by atoms with E-state index in [4.69, 9.17) is 4.42 Å². The third-order valence-corrected chi connectivity index (χ3v) is 4.96. The molecule has 1 unspecified atom stereocenters. The van der Waals surface area contributed by atoms with Gasteiger partial charge in [0.15, 0.2) is 5.76 Å². The Kier molecular flexibility index (Phi) is 4.29. The van der Waals surface area contributed by atoms with Crippen molar-refractivity contribution >= 4 is 23.2 Å². The predicted octanol–water partition coefficient (Wildman–Crippen LogP) is 2.57. The van der Waals surface area contributed by atoms with Crippen LogP contribution in [0.4, 0.5) is 0 Å². The maximum atomic E-state index is 12.4. The molecule has 1 atom stereocenters. The number of nitrogens with one attached hydrogen (secondary N) is 1. The monoisotopic (exact) mass is 318 g/mol. The van der Waals surface area contributed by atoms with Crippen LogP contribution < -0.4 is 5.32 Å². The van der Waals surface area contributed by atoms with E-state index in [9.17, 15) is 9.59 Å². The largest absolute Gasteiger partial charge is 0.459 e. The molecule has 2 aromatic rings. The lowest BCUT2D eigenvalue weighted by Gasteiger charge is -2.23. The van der Waals surface area contributed by atoms with E-state index in [-0.39, 0.29) is 17.6 Å². The van der Waals surface area contributed by atoms with Crippen molar-refractivity contribution in [1.29, 1.82) is 0 Å². The second kappa shape index (κ2) is 6.36. The maximum Gasteiger partial charge on any atom is 0.290 e. The summed E-state index contributed by atoms with van der Waals surface area (Å²) in [5, 5.41) is 4.96. The zero-order valence-electron chi connectivity index (χ0n) is 12.4. The Hall–Kier alpha value is -2.08. The number of rotatable bonds is 4. The molecule has 2 aromatic heterocycles. The van der Waals surface area contributed by atoms with Gasteiger partial charge in [-0.3, -0.25) is 9.59 Å². The zero-order valence-corrected chi connectivity index (χ0v) is 13.2. The summed E-state index contributed by atoms with van der Waals surface area (Å²) in [6, 6.07) is 4.94. The van der Waals surface area contributed by atoms with E-state index >= 15 is 0 Å². The van der Waals surface area contributed by atoms with Crippen LogP contribution in [0.5, 0.6) is 0 Å². The fourth-order valence-corrected chi connectivity index (χ4v) is 3.54. The van der Waals surface area contributed by atoms with Gasteiger partial charge >= 0.3 is 0 Å². The Morgan fingerprint density at radius 1 is 1.45 bits per heavy atom. The SMILES string of the molecule is Cc1ccsc1CNC(=O)C1CCCN1C(=O)c1ccco1. The highest BCUT2D eigenvalue weighted by atomic mass is 32.1. The Morgan fingerprint density at radius 2 is 2.32 bits per heavy atom. The molecule has 3 heterocycles. The summed E-state index contributed by atoms with van der Waals surface area (Å²) < 4.78 is 5.15. The van der Waals surface area contributed by atoms with Crippen molar-refractivity contribution in [1.82, 2.24) is 10.2 Å². The molecule has 1 aliphatic rings. The minimum absolute atomic E-state index is 0.0924. The van der Waals surface area contributed by atoms with Crippen molar-refractivity contribution in [3.05, 3.63) is 46.0 Å². The average Bonchev–Trinajstić information content (AvgIpc) is 3.25. The first-order valence-corrected chi connectivity index (χ1v) is 8.20. The summed E-state index contributed by atoms with van der Waals surface area (Å²) in [5.74, 6) is -0.0195. The number of nitrogens with zero attached hydrogens (tertiary/aromatic N) is 1. The third-order valence-electron chi connectivity index (χ3n) is 3.94. The summed E-state index contributed by atoms with van der Waals surface area (Å²) in [7, 11) is 0. The second-order valence-corrected chi connectivity index (χ2v) is 6.38. The van der Waals surface area contributed by atoms with Gasteiger partial charge in [0, 0.05) is 11.4 Å². The van der Waals surface area contributed by atoms with E-state index in [1.54, 1.807) is 28.4 Å². The molecular formula is C16H18N2O3S. The van der Waals surface area contributed by atoms with Crippen LogP contribution in [0, 0.1) is 6.92 Å². The molecule has 116 valence electrons. The van der Waals surface area contributed by atoms with Gasteiger partial charge in [-0.1, -0.05) is 0 Å². The number of thiophene rings is 1. The van der Waals surface area contributed by atoms with E-state index in [0.717, 1.165) is 11.3 Å². The number of aryl methyl sites for hydroxylation is 1. The molecule has 0 bridgehead atoms. The second-order valence-electron chi connectivity index (χ2n) is 5.38. The van der Waals surface area contributed by atoms with Crippen LogP contribution in [0.15, 0.2) is 34.3 Å². The van der Waals surface area contributed by atoms with Crippen LogP contribution in [0.25, 0.3) is 0 Å². The highest BCUT2D eigenvalue weighted by Crippen LogP contribution is 2.21. The number of amides is 2. The van der Waals surface area contributed by atoms with Gasteiger partial charge in [0.05, 0.1) is 12.8 Å².